The van der Waals surface area contributed by atoms with Crippen molar-refractivity contribution in [2.75, 3.05) is 82.8 Å². The van der Waals surface area contributed by atoms with E-state index >= 15 is 0 Å². The molecule has 2 fully saturated rings. The maximum atomic E-state index is 13.3. The van der Waals surface area contributed by atoms with Crippen molar-refractivity contribution >= 4 is 29.0 Å². The molecule has 0 saturated carbocycles. The number of amides is 2. The Morgan fingerprint density at radius 2 is 1.84 bits per heavy atom. The quantitative estimate of drug-likeness (QED) is 0.198. The number of morpholine rings is 1. The zero-order valence-corrected chi connectivity index (χ0v) is 24.4. The van der Waals surface area contributed by atoms with E-state index in [4.69, 9.17) is 4.74 Å². The monoisotopic (exact) mass is 592 g/mol. The molecule has 2 saturated heterocycles. The molecule has 4 heterocycles. The van der Waals surface area contributed by atoms with E-state index in [9.17, 15) is 19.7 Å². The van der Waals surface area contributed by atoms with Crippen molar-refractivity contribution in [2.45, 2.75) is 13.3 Å². The number of ether oxygens (including phenoxy) is 1. The molecule has 0 spiro atoms. The van der Waals surface area contributed by atoms with Crippen LogP contribution in [0.4, 0.5) is 17.2 Å². The summed E-state index contributed by atoms with van der Waals surface area (Å²) in [4.78, 5) is 47.1. The Balaban J connectivity index is 1.31. The summed E-state index contributed by atoms with van der Waals surface area (Å²) >= 11 is 0. The van der Waals surface area contributed by atoms with Gasteiger partial charge in [-0.15, -0.1) is 5.10 Å². The van der Waals surface area contributed by atoms with Crippen LogP contribution in [0.15, 0.2) is 36.7 Å². The Kier molecular flexibility index (Phi) is 9.54. The van der Waals surface area contributed by atoms with Crippen LogP contribution in [0.2, 0.25) is 0 Å². The van der Waals surface area contributed by atoms with E-state index in [1.165, 1.54) is 16.9 Å². The average molecular weight is 593 g/mol. The summed E-state index contributed by atoms with van der Waals surface area (Å²) in [5.74, 6) is -1.07. The number of nitrogens with one attached hydrogen (secondary N) is 2. The SMILES string of the molecule is Cc1cc([N+](=O)[O-])ncc1C(=O)Nc1cc(-n2cc(C(=O)NCCCN3CCOCC3)nn2)ccc1N1CCN(C)CC1. The molecular formula is C28H36N10O5. The normalized spacial score (nSPS) is 16.2. The first kappa shape index (κ1) is 30.0. The zero-order chi connectivity index (χ0) is 30.3. The number of aryl methyl sites for hydroxylation is 1. The van der Waals surface area contributed by atoms with Gasteiger partial charge in [-0.3, -0.25) is 14.5 Å². The molecule has 15 heteroatoms. The van der Waals surface area contributed by atoms with Crippen LogP contribution < -0.4 is 15.5 Å². The van der Waals surface area contributed by atoms with Gasteiger partial charge in [-0.1, -0.05) is 5.21 Å². The minimum atomic E-state index is -0.595. The number of nitro groups is 1. The van der Waals surface area contributed by atoms with Gasteiger partial charge in [0.05, 0.1) is 42.0 Å². The van der Waals surface area contributed by atoms with Gasteiger partial charge in [0.25, 0.3) is 11.8 Å². The Labute approximate surface area is 248 Å². The highest BCUT2D eigenvalue weighted by atomic mass is 16.6. The molecule has 0 radical (unpaired) electrons. The number of benzene rings is 1. The van der Waals surface area contributed by atoms with E-state index in [0.29, 0.717) is 23.5 Å². The summed E-state index contributed by atoms with van der Waals surface area (Å²) in [6.07, 6.45) is 3.59. The molecule has 0 unspecified atom stereocenters. The standard InChI is InChI=1S/C28H36N10O5/c1-20-16-26(38(41)42)30-18-22(20)27(39)31-23-17-21(4-5-25(23)36-10-8-34(2)9-11-36)37-19-24(32-33-37)28(40)29-6-3-7-35-12-14-43-15-13-35/h4-5,16-19H,3,6-15H2,1-2H3,(H,29,40)(H,31,39). The van der Waals surface area contributed by atoms with Crippen molar-refractivity contribution in [1.82, 2.24) is 35.1 Å². The highest BCUT2D eigenvalue weighted by Gasteiger charge is 2.22. The van der Waals surface area contributed by atoms with Gasteiger partial charge in [0.1, 0.15) is 0 Å². The van der Waals surface area contributed by atoms with Gasteiger partial charge in [0.15, 0.2) is 11.9 Å². The van der Waals surface area contributed by atoms with Crippen LogP contribution in [0, 0.1) is 17.0 Å². The summed E-state index contributed by atoms with van der Waals surface area (Å²) in [5, 5.41) is 25.2. The van der Waals surface area contributed by atoms with E-state index < -0.39 is 10.8 Å². The van der Waals surface area contributed by atoms with Gasteiger partial charge in [-0.25, -0.2) is 4.68 Å². The largest absolute Gasteiger partial charge is 0.379 e. The number of hydrogen-bond acceptors (Lipinski definition) is 11. The highest BCUT2D eigenvalue weighted by Crippen LogP contribution is 2.30. The molecule has 0 bridgehead atoms. The molecule has 228 valence electrons. The lowest BCUT2D eigenvalue weighted by molar-refractivity contribution is -0.389. The number of rotatable bonds is 10. The van der Waals surface area contributed by atoms with Crippen molar-refractivity contribution in [2.24, 2.45) is 0 Å². The molecule has 1 aromatic carbocycles. The summed E-state index contributed by atoms with van der Waals surface area (Å²) in [6.45, 7) is 9.62. The summed E-state index contributed by atoms with van der Waals surface area (Å²) in [7, 11) is 2.07. The van der Waals surface area contributed by atoms with Gasteiger partial charge in [0.2, 0.25) is 0 Å². The van der Waals surface area contributed by atoms with Crippen LogP contribution in [0.25, 0.3) is 5.69 Å². The van der Waals surface area contributed by atoms with E-state index in [0.717, 1.165) is 71.1 Å². The maximum Gasteiger partial charge on any atom is 0.363 e. The fourth-order valence-electron chi connectivity index (χ4n) is 5.07. The maximum absolute atomic E-state index is 13.3. The minimum Gasteiger partial charge on any atom is -0.379 e. The second kappa shape index (κ2) is 13.7. The number of likely N-dealkylation sites (N-methyl/N-ethyl adjacent to an activating group) is 1. The predicted molar refractivity (Wildman–Crippen MR) is 159 cm³/mol. The van der Waals surface area contributed by atoms with Crippen molar-refractivity contribution in [3.05, 3.63) is 63.6 Å². The molecule has 5 rings (SSSR count). The second-order valence-corrected chi connectivity index (χ2v) is 10.7. The second-order valence-electron chi connectivity index (χ2n) is 10.7. The van der Waals surface area contributed by atoms with Gasteiger partial charge in [0, 0.05) is 51.9 Å². The van der Waals surface area contributed by atoms with Crippen LogP contribution in [0.5, 0.6) is 0 Å². The fraction of sp³-hybridized carbons (Fsp3) is 0.464. The molecular weight excluding hydrogens is 556 g/mol. The lowest BCUT2D eigenvalue weighted by atomic mass is 10.1. The van der Waals surface area contributed by atoms with E-state index in [2.05, 4.69) is 47.7 Å². The lowest BCUT2D eigenvalue weighted by Gasteiger charge is -2.35. The van der Waals surface area contributed by atoms with Crippen molar-refractivity contribution in [1.29, 1.82) is 0 Å². The third kappa shape index (κ3) is 7.49. The van der Waals surface area contributed by atoms with Crippen LogP contribution in [-0.4, -0.2) is 119 Å². The molecule has 2 aliphatic rings. The van der Waals surface area contributed by atoms with E-state index in [1.54, 1.807) is 19.2 Å². The van der Waals surface area contributed by atoms with Gasteiger partial charge in [-0.05, 0) is 60.6 Å². The first-order valence-corrected chi connectivity index (χ1v) is 14.3. The number of pyridine rings is 1. The smallest absolute Gasteiger partial charge is 0.363 e. The molecule has 3 aromatic rings. The molecule has 43 heavy (non-hydrogen) atoms. The molecule has 2 amide bonds. The first-order valence-electron chi connectivity index (χ1n) is 14.3. The van der Waals surface area contributed by atoms with Crippen LogP contribution >= 0.6 is 0 Å². The number of nitrogens with zero attached hydrogens (tertiary/aromatic N) is 8. The number of carbonyl (C=O) groups excluding carboxylic acids is 2. The Bertz CT molecular complexity index is 1460. The zero-order valence-electron chi connectivity index (χ0n) is 24.4. The molecule has 2 N–H and O–H groups in total. The summed E-state index contributed by atoms with van der Waals surface area (Å²) < 4.78 is 6.86. The Morgan fingerprint density at radius 1 is 1.07 bits per heavy atom. The number of carbonyl (C=O) groups is 2. The Morgan fingerprint density at radius 3 is 2.56 bits per heavy atom. The molecule has 0 aliphatic carbocycles. The van der Waals surface area contributed by atoms with Crippen molar-refractivity contribution < 1.29 is 19.2 Å². The molecule has 2 aliphatic heterocycles. The summed E-state index contributed by atoms with van der Waals surface area (Å²) in [6, 6.07) is 6.82. The Hall–Kier alpha value is -4.47. The molecule has 15 nitrogen and oxygen atoms in total. The minimum absolute atomic E-state index is 0.188. The van der Waals surface area contributed by atoms with Crippen molar-refractivity contribution in [3.63, 3.8) is 0 Å². The average Bonchev–Trinajstić information content (AvgIpc) is 3.51. The molecule has 0 atom stereocenters. The van der Waals surface area contributed by atoms with Crippen LogP contribution in [0.3, 0.4) is 0 Å². The lowest BCUT2D eigenvalue weighted by Crippen LogP contribution is -2.44. The highest BCUT2D eigenvalue weighted by molar-refractivity contribution is 6.07. The van der Waals surface area contributed by atoms with E-state index in [1.807, 2.05) is 12.1 Å². The first-order chi connectivity index (χ1) is 20.8. The van der Waals surface area contributed by atoms with Crippen molar-refractivity contribution in [3.8, 4) is 5.69 Å². The number of anilines is 2. The van der Waals surface area contributed by atoms with Gasteiger partial charge < -0.3 is 35.3 Å². The predicted octanol–water partition coefficient (Wildman–Crippen LogP) is 1.34. The van der Waals surface area contributed by atoms with Gasteiger partial charge in [-0.2, -0.15) is 0 Å². The van der Waals surface area contributed by atoms with Crippen LogP contribution in [0.1, 0.15) is 32.8 Å². The van der Waals surface area contributed by atoms with E-state index in [-0.39, 0.29) is 23.0 Å². The summed E-state index contributed by atoms with van der Waals surface area (Å²) in [5.41, 5.74) is 2.82. The third-order valence-corrected chi connectivity index (χ3v) is 7.63. The number of aromatic nitrogens is 4. The van der Waals surface area contributed by atoms with Gasteiger partial charge >= 0.3 is 5.82 Å². The van der Waals surface area contributed by atoms with Crippen LogP contribution in [-0.2, 0) is 4.74 Å². The fourth-order valence-corrected chi connectivity index (χ4v) is 5.07. The molecule has 2 aromatic heterocycles. The topological polar surface area (TPSA) is 164 Å². The number of hydrogen-bond donors (Lipinski definition) is 2. The third-order valence-electron chi connectivity index (χ3n) is 7.63. The number of piperazine rings is 1.